The van der Waals surface area contributed by atoms with Crippen LogP contribution >= 0.6 is 0 Å². The lowest BCUT2D eigenvalue weighted by Gasteiger charge is -2.37. The van der Waals surface area contributed by atoms with Gasteiger partial charge in [-0.1, -0.05) is 103 Å². The van der Waals surface area contributed by atoms with Gasteiger partial charge < -0.3 is 13.6 Å². The Morgan fingerprint density at radius 3 is 1.86 bits per heavy atom. The standard InChI is InChI=1S/C37H58O4Si2/c1-13-31(18-16-20-35(38)39-14-2)32-19-15-17-29(25-32)21-22-30-23-24-33(27-40-42(9,10)36(3,4)5)34(26-30)28-41-43(11,12)37(6,7)8/h15-20,23-26H,13-14,21-22,27-28H2,1-12H3. The van der Waals surface area contributed by atoms with Crippen molar-refractivity contribution in [3.8, 4) is 0 Å². The Kier molecular flexibility index (Phi) is 13.4. The number of ether oxygens (including phenoxy) is 1. The molecule has 0 heterocycles. The van der Waals surface area contributed by atoms with E-state index in [-0.39, 0.29) is 16.0 Å². The van der Waals surface area contributed by atoms with Crippen LogP contribution in [0.15, 0.2) is 60.7 Å². The fourth-order valence-electron chi connectivity index (χ4n) is 4.13. The number of hydrogen-bond acceptors (Lipinski definition) is 4. The molecule has 238 valence electrons. The zero-order valence-electron chi connectivity index (χ0n) is 29.1. The molecule has 2 aromatic carbocycles. The van der Waals surface area contributed by atoms with Crippen LogP contribution in [0.5, 0.6) is 0 Å². The molecule has 0 saturated carbocycles. The molecule has 0 aromatic heterocycles. The van der Waals surface area contributed by atoms with Crippen molar-refractivity contribution in [2.75, 3.05) is 6.61 Å². The molecule has 0 N–H and O–H groups in total. The number of carbonyl (C=O) groups is 1. The number of esters is 1. The lowest BCUT2D eigenvalue weighted by atomic mass is 9.96. The molecule has 2 rings (SSSR count). The highest BCUT2D eigenvalue weighted by Crippen LogP contribution is 2.39. The van der Waals surface area contributed by atoms with Crippen LogP contribution in [-0.4, -0.2) is 29.2 Å². The third kappa shape index (κ3) is 11.3. The number of allylic oxidation sites excluding steroid dienone is 3. The minimum atomic E-state index is -1.90. The number of hydrogen-bond donors (Lipinski definition) is 0. The molecule has 0 radical (unpaired) electrons. The molecular weight excluding hydrogens is 565 g/mol. The van der Waals surface area contributed by atoms with Crippen molar-refractivity contribution in [1.29, 1.82) is 0 Å². The monoisotopic (exact) mass is 622 g/mol. The SMILES string of the molecule is CCOC(=O)C=CC=C(CC)c1cccc(CCc2ccc(CO[Si](C)(C)C(C)(C)C)c(CO[Si](C)(C)C(C)(C)C)c2)c1. The van der Waals surface area contributed by atoms with Crippen LogP contribution in [-0.2, 0) is 44.4 Å². The van der Waals surface area contributed by atoms with Crippen molar-refractivity contribution in [2.45, 2.75) is 124 Å². The minimum Gasteiger partial charge on any atom is -0.463 e. The van der Waals surface area contributed by atoms with Crippen LogP contribution in [0.2, 0.25) is 36.3 Å². The van der Waals surface area contributed by atoms with Crippen molar-refractivity contribution < 1.29 is 18.4 Å². The van der Waals surface area contributed by atoms with Crippen LogP contribution < -0.4 is 0 Å². The quantitative estimate of drug-likeness (QED) is 0.0910. The Bertz CT molecular complexity index is 1260. The predicted octanol–water partition coefficient (Wildman–Crippen LogP) is 10.4. The number of rotatable bonds is 14. The average molecular weight is 623 g/mol. The molecule has 0 saturated heterocycles. The van der Waals surface area contributed by atoms with E-state index in [9.17, 15) is 4.79 Å². The maximum absolute atomic E-state index is 11.7. The third-order valence-corrected chi connectivity index (χ3v) is 18.2. The summed E-state index contributed by atoms with van der Waals surface area (Å²) in [5.41, 5.74) is 7.49. The Morgan fingerprint density at radius 1 is 0.767 bits per heavy atom. The summed E-state index contributed by atoms with van der Waals surface area (Å²) in [5, 5.41) is 0.330. The van der Waals surface area contributed by atoms with Crippen LogP contribution in [0.3, 0.4) is 0 Å². The molecule has 0 aliphatic rings. The fourth-order valence-corrected chi connectivity index (χ4v) is 6.02. The van der Waals surface area contributed by atoms with Gasteiger partial charge in [0.05, 0.1) is 19.8 Å². The van der Waals surface area contributed by atoms with Gasteiger partial charge in [0.1, 0.15) is 0 Å². The van der Waals surface area contributed by atoms with Crippen LogP contribution in [0.1, 0.15) is 89.6 Å². The molecule has 0 spiro atoms. The van der Waals surface area contributed by atoms with Gasteiger partial charge in [0.15, 0.2) is 16.6 Å². The van der Waals surface area contributed by atoms with E-state index in [1.165, 1.54) is 39.5 Å². The third-order valence-electron chi connectivity index (χ3n) is 9.26. The fraction of sp³-hybridized carbons (Fsp3) is 0.541. The Labute approximate surface area is 265 Å². The van der Waals surface area contributed by atoms with Gasteiger partial charge in [0.25, 0.3) is 0 Å². The summed E-state index contributed by atoms with van der Waals surface area (Å²) in [6.07, 6.45) is 8.06. The van der Waals surface area contributed by atoms with Crippen LogP contribution in [0, 0.1) is 0 Å². The van der Waals surface area contributed by atoms with Gasteiger partial charge >= 0.3 is 5.97 Å². The van der Waals surface area contributed by atoms with E-state index >= 15 is 0 Å². The van der Waals surface area contributed by atoms with E-state index in [4.69, 9.17) is 13.6 Å². The zero-order chi connectivity index (χ0) is 32.5. The first-order valence-corrected chi connectivity index (χ1v) is 21.7. The summed E-state index contributed by atoms with van der Waals surface area (Å²) >= 11 is 0. The Balaban J connectivity index is 2.26. The van der Waals surface area contributed by atoms with E-state index in [1.807, 2.05) is 13.0 Å². The Morgan fingerprint density at radius 2 is 1.33 bits per heavy atom. The molecule has 0 amide bonds. The first-order chi connectivity index (χ1) is 19.9. The molecule has 0 aliphatic carbocycles. The van der Waals surface area contributed by atoms with Crippen LogP contribution in [0.25, 0.3) is 5.57 Å². The molecule has 0 atom stereocenters. The van der Waals surface area contributed by atoms with Crippen molar-refractivity contribution in [3.63, 3.8) is 0 Å². The normalized spacial score (nSPS) is 13.5. The van der Waals surface area contributed by atoms with Gasteiger partial charge in [-0.3, -0.25) is 0 Å². The summed E-state index contributed by atoms with van der Waals surface area (Å²) < 4.78 is 18.3. The molecule has 0 bridgehead atoms. The average Bonchev–Trinajstić information content (AvgIpc) is 2.91. The maximum Gasteiger partial charge on any atom is 0.330 e. The summed E-state index contributed by atoms with van der Waals surface area (Å²) in [4.78, 5) is 11.7. The van der Waals surface area contributed by atoms with E-state index in [0.29, 0.717) is 19.8 Å². The second kappa shape index (κ2) is 15.6. The summed E-state index contributed by atoms with van der Waals surface area (Å²) in [5.74, 6) is -0.311. The second-order valence-corrected chi connectivity index (χ2v) is 24.2. The minimum absolute atomic E-state index is 0.161. The number of carbonyl (C=O) groups excluding carboxylic acids is 1. The molecule has 4 nitrogen and oxygen atoms in total. The first kappa shape index (κ1) is 36.9. The van der Waals surface area contributed by atoms with E-state index in [0.717, 1.165) is 19.3 Å². The summed E-state index contributed by atoms with van der Waals surface area (Å²) in [6, 6.07) is 15.6. The highest BCUT2D eigenvalue weighted by atomic mass is 28.4. The molecule has 0 unspecified atom stereocenters. The number of benzene rings is 2. The lowest BCUT2D eigenvalue weighted by molar-refractivity contribution is -0.137. The van der Waals surface area contributed by atoms with Gasteiger partial charge in [-0.15, -0.1) is 0 Å². The van der Waals surface area contributed by atoms with Gasteiger partial charge in [-0.25, -0.2) is 4.79 Å². The molecule has 6 heteroatoms. The summed E-state index contributed by atoms with van der Waals surface area (Å²) in [7, 11) is -3.77. The molecule has 0 fully saturated rings. The number of aryl methyl sites for hydroxylation is 2. The van der Waals surface area contributed by atoms with Gasteiger partial charge in [0, 0.05) is 6.08 Å². The summed E-state index contributed by atoms with van der Waals surface area (Å²) in [6.45, 7) is 28.6. The zero-order valence-corrected chi connectivity index (χ0v) is 31.1. The first-order valence-electron chi connectivity index (χ1n) is 15.9. The Hall–Kier alpha value is -2.26. The highest BCUT2D eigenvalue weighted by molar-refractivity contribution is 6.74. The smallest absolute Gasteiger partial charge is 0.330 e. The second-order valence-electron chi connectivity index (χ2n) is 14.6. The van der Waals surface area contributed by atoms with Crippen molar-refractivity contribution in [2.24, 2.45) is 0 Å². The predicted molar refractivity (Wildman–Crippen MR) is 188 cm³/mol. The van der Waals surface area contributed by atoms with Gasteiger partial charge in [-0.05, 0) is 95.8 Å². The molecular formula is C37H58O4Si2. The largest absolute Gasteiger partial charge is 0.463 e. The highest BCUT2D eigenvalue weighted by Gasteiger charge is 2.38. The van der Waals surface area contributed by atoms with Crippen molar-refractivity contribution in [1.82, 2.24) is 0 Å². The van der Waals surface area contributed by atoms with Gasteiger partial charge in [-0.2, -0.15) is 0 Å². The van der Waals surface area contributed by atoms with E-state index < -0.39 is 16.6 Å². The van der Waals surface area contributed by atoms with E-state index in [1.54, 1.807) is 6.08 Å². The molecule has 2 aromatic rings. The van der Waals surface area contributed by atoms with Gasteiger partial charge in [0.2, 0.25) is 0 Å². The maximum atomic E-state index is 11.7. The lowest BCUT2D eigenvalue weighted by Crippen LogP contribution is -2.41. The van der Waals surface area contributed by atoms with E-state index in [2.05, 4.69) is 117 Å². The van der Waals surface area contributed by atoms with Crippen LogP contribution in [0.4, 0.5) is 0 Å². The molecule has 0 aliphatic heterocycles. The topological polar surface area (TPSA) is 44.8 Å². The molecule has 43 heavy (non-hydrogen) atoms. The van der Waals surface area contributed by atoms with Crippen molar-refractivity contribution >= 4 is 28.2 Å². The van der Waals surface area contributed by atoms with Crippen molar-refractivity contribution in [3.05, 3.63) is 88.5 Å².